The summed E-state index contributed by atoms with van der Waals surface area (Å²) in [5.74, 6) is 1.55. The van der Waals surface area contributed by atoms with Crippen molar-refractivity contribution < 1.29 is 9.53 Å². The highest BCUT2D eigenvalue weighted by Gasteiger charge is 2.29. The molecular formula is C23H38N4O2. The predicted molar refractivity (Wildman–Crippen MR) is 118 cm³/mol. The van der Waals surface area contributed by atoms with Gasteiger partial charge in [-0.05, 0) is 84.0 Å². The molecule has 0 N–H and O–H groups in total. The second-order valence-corrected chi connectivity index (χ2v) is 9.58. The zero-order valence-electron chi connectivity index (χ0n) is 18.9. The van der Waals surface area contributed by atoms with Crippen LogP contribution in [0.4, 0.5) is 10.6 Å². The molecule has 1 amide bonds. The van der Waals surface area contributed by atoms with Gasteiger partial charge in [0, 0.05) is 38.9 Å². The van der Waals surface area contributed by atoms with E-state index in [0.29, 0.717) is 5.92 Å². The number of ether oxygens (including phenoxy) is 1. The molecule has 6 heteroatoms. The first-order valence-corrected chi connectivity index (χ1v) is 11.1. The molecule has 0 bridgehead atoms. The quantitative estimate of drug-likeness (QED) is 0.744. The van der Waals surface area contributed by atoms with Gasteiger partial charge in [0.2, 0.25) is 0 Å². The Morgan fingerprint density at radius 2 is 1.83 bits per heavy atom. The number of likely N-dealkylation sites (tertiary alicyclic amines) is 2. The van der Waals surface area contributed by atoms with Gasteiger partial charge in [0.1, 0.15) is 11.4 Å². The lowest BCUT2D eigenvalue weighted by Crippen LogP contribution is -2.41. The molecule has 0 aromatic carbocycles. The van der Waals surface area contributed by atoms with Crippen LogP contribution in [0.2, 0.25) is 0 Å². The fraction of sp³-hybridized carbons (Fsp3) is 0.739. The normalized spacial score (nSPS) is 18.9. The maximum absolute atomic E-state index is 12.4. The molecule has 1 aromatic rings. The van der Waals surface area contributed by atoms with Crippen LogP contribution in [0.1, 0.15) is 63.6 Å². The zero-order valence-corrected chi connectivity index (χ0v) is 18.9. The van der Waals surface area contributed by atoms with Crippen LogP contribution in [-0.2, 0) is 4.74 Å². The fourth-order valence-corrected chi connectivity index (χ4v) is 4.28. The Bertz CT molecular complexity index is 687. The second-order valence-electron chi connectivity index (χ2n) is 9.58. The van der Waals surface area contributed by atoms with Gasteiger partial charge in [-0.3, -0.25) is 0 Å². The summed E-state index contributed by atoms with van der Waals surface area (Å²) in [4.78, 5) is 24.0. The first kappa shape index (κ1) is 21.9. The van der Waals surface area contributed by atoms with Gasteiger partial charge in [-0.2, -0.15) is 0 Å². The smallest absolute Gasteiger partial charge is 0.410 e. The lowest BCUT2D eigenvalue weighted by atomic mass is 9.89. The van der Waals surface area contributed by atoms with E-state index in [9.17, 15) is 4.79 Å². The number of carbonyl (C=O) groups is 1. The minimum atomic E-state index is -0.444. The van der Waals surface area contributed by atoms with Crippen LogP contribution in [0.5, 0.6) is 0 Å². The maximum atomic E-state index is 12.4. The number of piperidine rings is 1. The number of hydrogen-bond donors (Lipinski definition) is 0. The summed E-state index contributed by atoms with van der Waals surface area (Å²) < 4.78 is 5.54. The second kappa shape index (κ2) is 9.33. The SMILES string of the molecule is Cc1ccc(C2CCN(C(=O)OC(C)(C)C)CC2)c(N(C)CCN2CCCC2)n1. The van der Waals surface area contributed by atoms with Crippen LogP contribution in [0.3, 0.4) is 0 Å². The third kappa shape index (κ3) is 6.08. The Kier molecular flexibility index (Phi) is 7.04. The summed E-state index contributed by atoms with van der Waals surface area (Å²) in [7, 11) is 2.16. The molecule has 2 saturated heterocycles. The first-order chi connectivity index (χ1) is 13.7. The molecule has 29 heavy (non-hydrogen) atoms. The number of pyridine rings is 1. The lowest BCUT2D eigenvalue weighted by molar-refractivity contribution is 0.0205. The van der Waals surface area contributed by atoms with Gasteiger partial charge in [-0.1, -0.05) is 6.07 Å². The number of nitrogens with zero attached hydrogens (tertiary/aromatic N) is 4. The van der Waals surface area contributed by atoms with Gasteiger partial charge in [-0.25, -0.2) is 9.78 Å². The molecule has 2 aliphatic rings. The van der Waals surface area contributed by atoms with Crippen LogP contribution in [0, 0.1) is 6.92 Å². The van der Waals surface area contributed by atoms with Crippen molar-refractivity contribution in [3.8, 4) is 0 Å². The first-order valence-electron chi connectivity index (χ1n) is 11.1. The monoisotopic (exact) mass is 402 g/mol. The molecule has 1 aromatic heterocycles. The van der Waals surface area contributed by atoms with Crippen LogP contribution < -0.4 is 4.90 Å². The van der Waals surface area contributed by atoms with E-state index in [0.717, 1.165) is 50.5 Å². The van der Waals surface area contributed by atoms with E-state index in [2.05, 4.69) is 35.9 Å². The molecule has 162 valence electrons. The summed E-state index contributed by atoms with van der Waals surface area (Å²) >= 11 is 0. The van der Waals surface area contributed by atoms with Gasteiger partial charge < -0.3 is 19.4 Å². The van der Waals surface area contributed by atoms with Gasteiger partial charge in [0.15, 0.2) is 0 Å². The standard InChI is InChI=1S/C23H38N4O2/c1-18-8-9-20(21(24-18)25(5)16-17-26-12-6-7-13-26)19-10-14-27(15-11-19)22(28)29-23(2,3)4/h8-9,19H,6-7,10-17H2,1-5H3. The third-order valence-corrected chi connectivity index (χ3v) is 5.94. The van der Waals surface area contributed by atoms with Crippen molar-refractivity contribution in [2.24, 2.45) is 0 Å². The van der Waals surface area contributed by atoms with Gasteiger partial charge in [0.25, 0.3) is 0 Å². The van der Waals surface area contributed by atoms with Crippen molar-refractivity contribution in [2.45, 2.75) is 64.9 Å². The molecule has 0 atom stereocenters. The Morgan fingerprint density at radius 3 is 2.45 bits per heavy atom. The Balaban J connectivity index is 1.62. The van der Waals surface area contributed by atoms with Crippen LogP contribution in [0.25, 0.3) is 0 Å². The number of aromatic nitrogens is 1. The fourth-order valence-electron chi connectivity index (χ4n) is 4.28. The van der Waals surface area contributed by atoms with Crippen molar-refractivity contribution in [1.29, 1.82) is 0 Å². The average Bonchev–Trinajstić information content (AvgIpc) is 3.18. The highest BCUT2D eigenvalue weighted by Crippen LogP contribution is 2.34. The minimum absolute atomic E-state index is 0.194. The van der Waals surface area contributed by atoms with E-state index in [-0.39, 0.29) is 6.09 Å². The van der Waals surface area contributed by atoms with Crippen molar-refractivity contribution in [1.82, 2.24) is 14.8 Å². The van der Waals surface area contributed by atoms with Crippen molar-refractivity contribution in [2.75, 3.05) is 51.2 Å². The zero-order chi connectivity index (χ0) is 21.0. The van der Waals surface area contributed by atoms with Crippen molar-refractivity contribution in [3.05, 3.63) is 23.4 Å². The average molecular weight is 403 g/mol. The minimum Gasteiger partial charge on any atom is -0.444 e. The van der Waals surface area contributed by atoms with Crippen LogP contribution in [-0.4, -0.2) is 72.8 Å². The topological polar surface area (TPSA) is 48.9 Å². The van der Waals surface area contributed by atoms with E-state index in [1.807, 2.05) is 25.7 Å². The largest absolute Gasteiger partial charge is 0.444 e. The Morgan fingerprint density at radius 1 is 1.17 bits per heavy atom. The number of hydrogen-bond acceptors (Lipinski definition) is 5. The predicted octanol–water partition coefficient (Wildman–Crippen LogP) is 4.04. The molecule has 3 heterocycles. The third-order valence-electron chi connectivity index (χ3n) is 5.94. The number of carbonyl (C=O) groups excluding carboxylic acids is 1. The summed E-state index contributed by atoms with van der Waals surface area (Å²) in [5.41, 5.74) is 1.94. The van der Waals surface area contributed by atoms with Crippen LogP contribution >= 0.6 is 0 Å². The highest BCUT2D eigenvalue weighted by atomic mass is 16.6. The summed E-state index contributed by atoms with van der Waals surface area (Å²) in [6.45, 7) is 13.8. The molecule has 3 rings (SSSR count). The molecule has 0 spiro atoms. The molecule has 6 nitrogen and oxygen atoms in total. The number of aryl methyl sites for hydroxylation is 1. The van der Waals surface area contributed by atoms with E-state index >= 15 is 0 Å². The van der Waals surface area contributed by atoms with E-state index in [1.54, 1.807) is 0 Å². The molecule has 2 aliphatic heterocycles. The van der Waals surface area contributed by atoms with Gasteiger partial charge in [-0.15, -0.1) is 0 Å². The molecule has 0 radical (unpaired) electrons. The van der Waals surface area contributed by atoms with E-state index in [1.165, 1.54) is 31.5 Å². The van der Waals surface area contributed by atoms with Gasteiger partial charge >= 0.3 is 6.09 Å². The van der Waals surface area contributed by atoms with Crippen molar-refractivity contribution >= 4 is 11.9 Å². The number of likely N-dealkylation sites (N-methyl/N-ethyl adjacent to an activating group) is 1. The lowest BCUT2D eigenvalue weighted by Gasteiger charge is -2.35. The highest BCUT2D eigenvalue weighted by molar-refractivity contribution is 5.68. The summed E-state index contributed by atoms with van der Waals surface area (Å²) in [5, 5.41) is 0. The van der Waals surface area contributed by atoms with Crippen LogP contribution in [0.15, 0.2) is 12.1 Å². The number of anilines is 1. The maximum Gasteiger partial charge on any atom is 0.410 e. The molecular weight excluding hydrogens is 364 g/mol. The van der Waals surface area contributed by atoms with E-state index < -0.39 is 5.60 Å². The molecule has 0 saturated carbocycles. The van der Waals surface area contributed by atoms with Gasteiger partial charge in [0.05, 0.1) is 0 Å². The number of rotatable bonds is 5. The van der Waals surface area contributed by atoms with E-state index in [4.69, 9.17) is 9.72 Å². The molecule has 0 unspecified atom stereocenters. The summed E-state index contributed by atoms with van der Waals surface area (Å²) in [6.07, 6.45) is 4.37. The summed E-state index contributed by atoms with van der Waals surface area (Å²) in [6, 6.07) is 4.37. The number of amides is 1. The van der Waals surface area contributed by atoms with Crippen molar-refractivity contribution in [3.63, 3.8) is 0 Å². The Labute approximate surface area is 176 Å². The molecule has 0 aliphatic carbocycles. The Hall–Kier alpha value is -1.82. The molecule has 2 fully saturated rings.